The van der Waals surface area contributed by atoms with Crippen molar-refractivity contribution in [2.45, 2.75) is 6.42 Å². The first-order valence-corrected chi connectivity index (χ1v) is 9.33. The molecule has 0 heterocycles. The molecule has 0 saturated carbocycles. The molecule has 4 nitrogen and oxygen atoms in total. The summed E-state index contributed by atoms with van der Waals surface area (Å²) < 4.78 is 11.6. The maximum Gasteiger partial charge on any atom is 0.153 e. The van der Waals surface area contributed by atoms with E-state index in [1.807, 2.05) is 0 Å². The predicted molar refractivity (Wildman–Crippen MR) is 108 cm³/mol. The van der Waals surface area contributed by atoms with Crippen molar-refractivity contribution < 1.29 is 19.4 Å². The Labute approximate surface area is 173 Å². The van der Waals surface area contributed by atoms with Gasteiger partial charge in [-0.1, -0.05) is 23.2 Å². The normalized spacial score (nSPS) is 9.88. The summed E-state index contributed by atoms with van der Waals surface area (Å²) in [5, 5.41) is 9.95. The highest BCUT2D eigenvalue weighted by atomic mass is 79.9. The summed E-state index contributed by atoms with van der Waals surface area (Å²) in [6, 6.07) is 6.79. The minimum Gasteiger partial charge on any atom is -0.495 e. The summed E-state index contributed by atoms with van der Waals surface area (Å²) >= 11 is 18.1. The van der Waals surface area contributed by atoms with E-state index in [1.165, 1.54) is 7.11 Å². The van der Waals surface area contributed by atoms with Crippen LogP contribution in [0.3, 0.4) is 0 Å². The summed E-state index contributed by atoms with van der Waals surface area (Å²) in [6.07, 6.45) is 1.25. The summed E-state index contributed by atoms with van der Waals surface area (Å²) in [6.45, 7) is 0.0865. The maximum absolute atomic E-state index is 10.5. The molecule has 0 bridgehead atoms. The fourth-order valence-electron chi connectivity index (χ4n) is 2.03. The number of methoxy groups -OCH3 is 2. The summed E-state index contributed by atoms with van der Waals surface area (Å²) in [4.78, 5) is 10.5. The summed E-state index contributed by atoms with van der Waals surface area (Å²) in [5.74, 6) is 1.24. The Morgan fingerprint density at radius 2 is 1.52 bits per heavy atom. The highest BCUT2D eigenvalue weighted by Gasteiger charge is 2.08. The number of aliphatic hydroxyl groups excluding tert-OH is 1. The fourth-order valence-corrected chi connectivity index (χ4v) is 4.06. The number of benzene rings is 2. The van der Waals surface area contributed by atoms with Crippen molar-refractivity contribution in [2.75, 3.05) is 20.8 Å². The molecule has 0 radical (unpaired) electrons. The molecule has 0 unspecified atom stereocenters. The highest BCUT2D eigenvalue weighted by molar-refractivity contribution is 9.10. The van der Waals surface area contributed by atoms with E-state index in [1.54, 1.807) is 31.4 Å². The number of aliphatic hydroxyl groups is 1. The van der Waals surface area contributed by atoms with Crippen LogP contribution in [0.25, 0.3) is 0 Å². The van der Waals surface area contributed by atoms with Gasteiger partial charge in [0, 0.05) is 16.7 Å². The molecule has 0 aromatic heterocycles. The SMILES string of the molecule is COc1c(Br)cc(Cl)cc1C=O.COc1c(Br)cc(Cl)cc1CCO. The third-order valence-corrected chi connectivity index (χ3v) is 4.65. The van der Waals surface area contributed by atoms with Crippen LogP contribution >= 0.6 is 55.1 Å². The van der Waals surface area contributed by atoms with Gasteiger partial charge in [-0.05, 0) is 68.1 Å². The van der Waals surface area contributed by atoms with Gasteiger partial charge in [-0.15, -0.1) is 0 Å². The van der Waals surface area contributed by atoms with Crippen molar-refractivity contribution in [1.29, 1.82) is 0 Å². The molecule has 136 valence electrons. The molecule has 0 aliphatic carbocycles. The van der Waals surface area contributed by atoms with E-state index in [2.05, 4.69) is 31.9 Å². The van der Waals surface area contributed by atoms with Gasteiger partial charge in [0.05, 0.1) is 28.7 Å². The number of hydrogen-bond acceptors (Lipinski definition) is 4. The first-order valence-electron chi connectivity index (χ1n) is 6.98. The Hall–Kier alpha value is -0.790. The van der Waals surface area contributed by atoms with Crippen molar-refractivity contribution >= 4 is 61.3 Å². The van der Waals surface area contributed by atoms with Crippen molar-refractivity contribution in [3.05, 3.63) is 54.4 Å². The van der Waals surface area contributed by atoms with E-state index in [0.717, 1.165) is 15.8 Å². The Morgan fingerprint density at radius 1 is 1.00 bits per heavy atom. The Bertz CT molecular complexity index is 739. The van der Waals surface area contributed by atoms with Crippen LogP contribution < -0.4 is 9.47 Å². The van der Waals surface area contributed by atoms with Crippen LogP contribution in [-0.4, -0.2) is 32.2 Å². The average molecular weight is 515 g/mol. The lowest BCUT2D eigenvalue weighted by Crippen LogP contribution is -1.96. The average Bonchev–Trinajstić information content (AvgIpc) is 2.54. The monoisotopic (exact) mass is 512 g/mol. The zero-order valence-electron chi connectivity index (χ0n) is 13.5. The number of ether oxygens (including phenoxy) is 2. The molecule has 0 saturated heterocycles. The van der Waals surface area contributed by atoms with Crippen LogP contribution in [-0.2, 0) is 6.42 Å². The van der Waals surface area contributed by atoms with Gasteiger partial charge < -0.3 is 14.6 Å². The van der Waals surface area contributed by atoms with E-state index in [0.29, 0.717) is 38.5 Å². The van der Waals surface area contributed by atoms with E-state index < -0.39 is 0 Å². The topological polar surface area (TPSA) is 55.8 Å². The number of hydrogen-bond donors (Lipinski definition) is 1. The third-order valence-electron chi connectivity index (χ3n) is 3.04. The largest absolute Gasteiger partial charge is 0.495 e. The number of carbonyl (C=O) groups is 1. The molecule has 1 N–H and O–H groups in total. The van der Waals surface area contributed by atoms with Crippen LogP contribution in [0.2, 0.25) is 10.0 Å². The molecule has 0 aliphatic heterocycles. The van der Waals surface area contributed by atoms with Crippen molar-refractivity contribution in [2.24, 2.45) is 0 Å². The van der Waals surface area contributed by atoms with Crippen LogP contribution in [0.1, 0.15) is 15.9 Å². The molecule has 2 aromatic rings. The minimum absolute atomic E-state index is 0.0865. The van der Waals surface area contributed by atoms with Gasteiger partial charge in [-0.25, -0.2) is 0 Å². The van der Waals surface area contributed by atoms with E-state index in [-0.39, 0.29) is 6.61 Å². The van der Waals surface area contributed by atoms with E-state index in [4.69, 9.17) is 37.8 Å². The fraction of sp³-hybridized carbons (Fsp3) is 0.235. The Kier molecular flexibility index (Phi) is 9.82. The van der Waals surface area contributed by atoms with Gasteiger partial charge in [-0.2, -0.15) is 0 Å². The molecule has 0 spiro atoms. The first kappa shape index (κ1) is 22.3. The maximum atomic E-state index is 10.5. The number of halogens is 4. The molecular formula is C17H16Br2Cl2O4. The molecule has 25 heavy (non-hydrogen) atoms. The second-order valence-electron chi connectivity index (χ2n) is 4.68. The molecule has 0 amide bonds. The second-order valence-corrected chi connectivity index (χ2v) is 7.26. The third kappa shape index (κ3) is 6.46. The van der Waals surface area contributed by atoms with Gasteiger partial charge in [0.2, 0.25) is 0 Å². The first-order chi connectivity index (χ1) is 11.9. The van der Waals surface area contributed by atoms with Crippen molar-refractivity contribution in [3.63, 3.8) is 0 Å². The highest BCUT2D eigenvalue weighted by Crippen LogP contribution is 2.33. The summed E-state index contributed by atoms with van der Waals surface area (Å²) in [7, 11) is 3.09. The van der Waals surface area contributed by atoms with Crippen LogP contribution in [0.5, 0.6) is 11.5 Å². The summed E-state index contributed by atoms with van der Waals surface area (Å²) in [5.41, 5.74) is 1.35. The smallest absolute Gasteiger partial charge is 0.153 e. The number of carbonyl (C=O) groups excluding carboxylic acids is 1. The van der Waals surface area contributed by atoms with Crippen LogP contribution in [0.15, 0.2) is 33.2 Å². The van der Waals surface area contributed by atoms with Crippen molar-refractivity contribution in [3.8, 4) is 11.5 Å². The lowest BCUT2D eigenvalue weighted by Gasteiger charge is -2.09. The van der Waals surface area contributed by atoms with Gasteiger partial charge >= 0.3 is 0 Å². The Morgan fingerprint density at radius 3 is 2.00 bits per heavy atom. The molecule has 0 aliphatic rings. The van der Waals surface area contributed by atoms with Crippen LogP contribution in [0, 0.1) is 0 Å². The molecule has 2 rings (SSSR count). The lowest BCUT2D eigenvalue weighted by molar-refractivity contribution is 0.112. The molecule has 0 atom stereocenters. The number of rotatable bonds is 5. The van der Waals surface area contributed by atoms with Gasteiger partial charge in [0.1, 0.15) is 11.5 Å². The zero-order valence-corrected chi connectivity index (χ0v) is 18.2. The standard InChI is InChI=1S/C9H10BrClO2.C8H6BrClO2/c1-13-9-6(2-3-12)4-7(11)5-8(9)10;1-12-8-5(4-11)2-6(10)3-7(8)9/h4-5,12H,2-3H2,1H3;2-4H,1H3. The molecule has 8 heteroatoms. The van der Waals surface area contributed by atoms with E-state index in [9.17, 15) is 4.79 Å². The zero-order chi connectivity index (χ0) is 19.0. The second kappa shape index (κ2) is 11.0. The molecular weight excluding hydrogens is 499 g/mol. The quantitative estimate of drug-likeness (QED) is 0.530. The van der Waals surface area contributed by atoms with Crippen LogP contribution in [0.4, 0.5) is 0 Å². The minimum atomic E-state index is 0.0865. The Balaban J connectivity index is 0.000000251. The van der Waals surface area contributed by atoms with Gasteiger partial charge in [-0.3, -0.25) is 4.79 Å². The van der Waals surface area contributed by atoms with Gasteiger partial charge in [0.15, 0.2) is 6.29 Å². The van der Waals surface area contributed by atoms with Crippen molar-refractivity contribution in [1.82, 2.24) is 0 Å². The number of aldehydes is 1. The van der Waals surface area contributed by atoms with E-state index >= 15 is 0 Å². The predicted octanol–water partition coefficient (Wildman–Crippen LogP) is 5.57. The molecule has 2 aromatic carbocycles. The van der Waals surface area contributed by atoms with Gasteiger partial charge in [0.25, 0.3) is 0 Å². The molecule has 0 fully saturated rings. The lowest BCUT2D eigenvalue weighted by atomic mass is 10.1.